The van der Waals surface area contributed by atoms with Gasteiger partial charge in [0.1, 0.15) is 0 Å². The van der Waals surface area contributed by atoms with Crippen LogP contribution in [0, 0.1) is 0 Å². The Kier molecular flexibility index (Phi) is 5.52. The fourth-order valence-electron chi connectivity index (χ4n) is 2.22. The average Bonchev–Trinajstić information content (AvgIpc) is 2.60. The molecule has 0 atom stereocenters. The van der Waals surface area contributed by atoms with Crippen LogP contribution in [0.1, 0.15) is 22.8 Å². The zero-order chi connectivity index (χ0) is 16.9. The van der Waals surface area contributed by atoms with Gasteiger partial charge in [0.05, 0.1) is 4.90 Å². The van der Waals surface area contributed by atoms with E-state index >= 15 is 0 Å². The summed E-state index contributed by atoms with van der Waals surface area (Å²) in [5.41, 5.74) is 1.38. The van der Waals surface area contributed by atoms with Crippen molar-refractivity contribution in [3.05, 3.63) is 65.7 Å². The summed E-state index contributed by atoms with van der Waals surface area (Å²) in [5, 5.41) is 2.55. The van der Waals surface area contributed by atoms with Crippen molar-refractivity contribution in [3.63, 3.8) is 0 Å². The number of hydrogen-bond donors (Lipinski definition) is 1. The lowest BCUT2D eigenvalue weighted by molar-refractivity contribution is 0.0963. The molecule has 0 heterocycles. The molecule has 0 radical (unpaired) electrons. The van der Waals surface area contributed by atoms with Gasteiger partial charge in [-0.2, -0.15) is 4.31 Å². The lowest BCUT2D eigenvalue weighted by atomic mass is 10.1. The molecule has 1 amide bonds. The first-order valence-electron chi connectivity index (χ1n) is 7.35. The second-order valence-corrected chi connectivity index (χ2v) is 6.96. The Labute approximate surface area is 137 Å². The van der Waals surface area contributed by atoms with Crippen LogP contribution in [0.3, 0.4) is 0 Å². The summed E-state index contributed by atoms with van der Waals surface area (Å²) in [6.07, 6.45) is 0. The lowest BCUT2D eigenvalue weighted by Crippen LogP contribution is -2.30. The predicted octanol–water partition coefficient (Wildman–Crippen LogP) is 2.26. The van der Waals surface area contributed by atoms with Gasteiger partial charge >= 0.3 is 0 Å². The fourth-order valence-corrected chi connectivity index (χ4v) is 3.68. The van der Waals surface area contributed by atoms with E-state index in [0.717, 1.165) is 5.56 Å². The van der Waals surface area contributed by atoms with Gasteiger partial charge in [0, 0.05) is 25.7 Å². The summed E-state index contributed by atoms with van der Waals surface area (Å²) in [6, 6.07) is 15.3. The van der Waals surface area contributed by atoms with E-state index in [-0.39, 0.29) is 17.3 Å². The van der Waals surface area contributed by atoms with E-state index in [4.69, 9.17) is 0 Å². The van der Waals surface area contributed by atoms with E-state index in [2.05, 4.69) is 5.32 Å². The molecular weight excluding hydrogens is 312 g/mol. The summed E-state index contributed by atoms with van der Waals surface area (Å²) in [4.78, 5) is 11.8. The molecular formula is C17H20N2O3S. The Balaban J connectivity index is 2.21. The molecule has 0 bridgehead atoms. The van der Waals surface area contributed by atoms with Crippen LogP contribution < -0.4 is 5.32 Å². The highest BCUT2D eigenvalue weighted by atomic mass is 32.2. The molecule has 2 aromatic rings. The summed E-state index contributed by atoms with van der Waals surface area (Å²) < 4.78 is 26.7. The highest BCUT2D eigenvalue weighted by Gasteiger charge is 2.22. The van der Waals surface area contributed by atoms with Crippen LogP contribution in [0.2, 0.25) is 0 Å². The monoisotopic (exact) mass is 332 g/mol. The third-order valence-electron chi connectivity index (χ3n) is 3.54. The van der Waals surface area contributed by atoms with E-state index in [1.807, 2.05) is 0 Å². The normalized spacial score (nSPS) is 11.4. The molecule has 5 nitrogen and oxygen atoms in total. The Morgan fingerprint density at radius 3 is 2.17 bits per heavy atom. The van der Waals surface area contributed by atoms with E-state index in [9.17, 15) is 13.2 Å². The van der Waals surface area contributed by atoms with Crippen molar-refractivity contribution in [2.24, 2.45) is 0 Å². The van der Waals surface area contributed by atoms with Gasteiger partial charge < -0.3 is 5.32 Å². The minimum Gasteiger partial charge on any atom is -0.355 e. The number of carbonyl (C=O) groups excluding carboxylic acids is 1. The molecule has 0 saturated heterocycles. The minimum atomic E-state index is -3.53. The molecule has 0 fully saturated rings. The minimum absolute atomic E-state index is 0.166. The van der Waals surface area contributed by atoms with Crippen LogP contribution in [0.25, 0.3) is 0 Å². The Hall–Kier alpha value is -2.18. The van der Waals surface area contributed by atoms with Gasteiger partial charge in [-0.15, -0.1) is 0 Å². The number of carbonyl (C=O) groups is 1. The summed E-state index contributed by atoms with van der Waals surface area (Å²) in [7, 11) is -1.96. The summed E-state index contributed by atoms with van der Waals surface area (Å²) >= 11 is 0. The summed E-state index contributed by atoms with van der Waals surface area (Å²) in [5.74, 6) is -0.166. The van der Waals surface area contributed by atoms with Gasteiger partial charge in [-0.3, -0.25) is 4.79 Å². The molecule has 23 heavy (non-hydrogen) atoms. The predicted molar refractivity (Wildman–Crippen MR) is 89.5 cm³/mol. The van der Waals surface area contributed by atoms with Crippen molar-refractivity contribution in [2.45, 2.75) is 18.4 Å². The maximum atomic E-state index is 12.7. The highest BCUT2D eigenvalue weighted by molar-refractivity contribution is 7.89. The quantitative estimate of drug-likeness (QED) is 0.882. The number of amides is 1. The molecule has 2 rings (SSSR count). The maximum Gasteiger partial charge on any atom is 0.251 e. The van der Waals surface area contributed by atoms with Gasteiger partial charge in [0.2, 0.25) is 10.0 Å². The molecule has 0 aliphatic heterocycles. The van der Waals surface area contributed by atoms with Gasteiger partial charge in [-0.05, 0) is 29.8 Å². The van der Waals surface area contributed by atoms with Gasteiger partial charge in [0.15, 0.2) is 0 Å². The standard InChI is InChI=1S/C17H20N2O3S/c1-3-19(23(21,22)16-7-5-4-6-8-16)13-14-9-11-15(12-10-14)17(20)18-2/h4-12H,3,13H2,1-2H3,(H,18,20). The number of benzene rings is 2. The SMILES string of the molecule is CCN(Cc1ccc(C(=O)NC)cc1)S(=O)(=O)c1ccccc1. The van der Waals surface area contributed by atoms with Crippen molar-refractivity contribution < 1.29 is 13.2 Å². The van der Waals surface area contributed by atoms with Crippen LogP contribution >= 0.6 is 0 Å². The molecule has 6 heteroatoms. The van der Waals surface area contributed by atoms with E-state index in [1.54, 1.807) is 68.6 Å². The number of hydrogen-bond acceptors (Lipinski definition) is 3. The lowest BCUT2D eigenvalue weighted by Gasteiger charge is -2.20. The van der Waals surface area contributed by atoms with Gasteiger partial charge in [0.25, 0.3) is 5.91 Å². The van der Waals surface area contributed by atoms with Crippen LogP contribution in [0.5, 0.6) is 0 Å². The molecule has 0 aliphatic carbocycles. The van der Waals surface area contributed by atoms with E-state index in [0.29, 0.717) is 12.1 Å². The zero-order valence-electron chi connectivity index (χ0n) is 13.2. The topological polar surface area (TPSA) is 66.5 Å². The molecule has 0 spiro atoms. The first kappa shape index (κ1) is 17.2. The smallest absolute Gasteiger partial charge is 0.251 e. The fraction of sp³-hybridized carbons (Fsp3) is 0.235. The first-order valence-corrected chi connectivity index (χ1v) is 8.79. The third kappa shape index (κ3) is 3.97. The Morgan fingerprint density at radius 1 is 1.04 bits per heavy atom. The second kappa shape index (κ2) is 7.39. The van der Waals surface area contributed by atoms with Crippen molar-refractivity contribution in [1.82, 2.24) is 9.62 Å². The summed E-state index contributed by atoms with van der Waals surface area (Å²) in [6.45, 7) is 2.44. The van der Waals surface area contributed by atoms with Gasteiger partial charge in [-0.25, -0.2) is 8.42 Å². The van der Waals surface area contributed by atoms with Crippen LogP contribution in [0.4, 0.5) is 0 Å². The third-order valence-corrected chi connectivity index (χ3v) is 5.47. The molecule has 0 aliphatic rings. The molecule has 0 aromatic heterocycles. The number of nitrogens with zero attached hydrogens (tertiary/aromatic N) is 1. The highest BCUT2D eigenvalue weighted by Crippen LogP contribution is 2.18. The Morgan fingerprint density at radius 2 is 1.65 bits per heavy atom. The number of rotatable bonds is 6. The molecule has 122 valence electrons. The second-order valence-electron chi connectivity index (χ2n) is 5.02. The van der Waals surface area contributed by atoms with E-state index in [1.165, 1.54) is 4.31 Å². The number of nitrogens with one attached hydrogen (secondary N) is 1. The van der Waals surface area contributed by atoms with Gasteiger partial charge in [-0.1, -0.05) is 37.3 Å². The average molecular weight is 332 g/mol. The van der Waals surface area contributed by atoms with Crippen molar-refractivity contribution in [2.75, 3.05) is 13.6 Å². The van der Waals surface area contributed by atoms with Crippen LogP contribution in [0.15, 0.2) is 59.5 Å². The Bertz CT molecular complexity index is 756. The van der Waals surface area contributed by atoms with Crippen LogP contribution in [-0.2, 0) is 16.6 Å². The first-order chi connectivity index (χ1) is 11.0. The molecule has 0 unspecified atom stereocenters. The molecule has 0 saturated carbocycles. The zero-order valence-corrected chi connectivity index (χ0v) is 14.0. The maximum absolute atomic E-state index is 12.7. The molecule has 1 N–H and O–H groups in total. The van der Waals surface area contributed by atoms with Crippen molar-refractivity contribution >= 4 is 15.9 Å². The van der Waals surface area contributed by atoms with Crippen molar-refractivity contribution in [3.8, 4) is 0 Å². The molecule has 2 aromatic carbocycles. The van der Waals surface area contributed by atoms with Crippen molar-refractivity contribution in [1.29, 1.82) is 0 Å². The number of sulfonamides is 1. The van der Waals surface area contributed by atoms with Crippen LogP contribution in [-0.4, -0.2) is 32.2 Å². The largest absolute Gasteiger partial charge is 0.355 e. The van der Waals surface area contributed by atoms with E-state index < -0.39 is 10.0 Å².